The number of furan rings is 1. The molecule has 12 aromatic rings. The molecule has 12 rings (SSSR count). The average Bonchev–Trinajstić information content (AvgIpc) is 3.74. The molecule has 0 aliphatic carbocycles. The second-order valence-corrected chi connectivity index (χ2v) is 16.1. The fourth-order valence-corrected chi connectivity index (χ4v) is 9.47. The van der Waals surface area contributed by atoms with Gasteiger partial charge in [-0.05, 0) is 126 Å². The molecule has 0 saturated heterocycles. The molecule has 0 atom stereocenters. The number of rotatable bonds is 7. The van der Waals surface area contributed by atoms with Gasteiger partial charge in [0, 0.05) is 33.2 Å². The molecule has 0 unspecified atom stereocenters. The molecule has 0 bridgehead atoms. The minimum Gasteiger partial charge on any atom is -0.455 e. The van der Waals surface area contributed by atoms with E-state index in [1.54, 1.807) is 0 Å². The lowest BCUT2D eigenvalue weighted by atomic mass is 9.95. The summed E-state index contributed by atoms with van der Waals surface area (Å²) in [6, 6.07) is 85.4. The van der Waals surface area contributed by atoms with Crippen molar-refractivity contribution < 1.29 is 4.42 Å². The number of nitrogens with zero attached hydrogens (tertiary/aromatic N) is 1. The Balaban J connectivity index is 0.968. The maximum Gasteiger partial charge on any atom is 0.143 e. The van der Waals surface area contributed by atoms with E-state index in [0.29, 0.717) is 0 Å². The van der Waals surface area contributed by atoms with Gasteiger partial charge in [-0.1, -0.05) is 182 Å². The highest BCUT2D eigenvalue weighted by molar-refractivity contribution is 6.19. The first kappa shape index (κ1) is 35.7. The average molecular weight is 790 g/mol. The Labute approximate surface area is 360 Å². The van der Waals surface area contributed by atoms with E-state index >= 15 is 0 Å². The zero-order valence-corrected chi connectivity index (χ0v) is 33.9. The molecule has 0 radical (unpaired) electrons. The Hall–Kier alpha value is -8.20. The molecule has 0 saturated carbocycles. The molecule has 0 N–H and O–H groups in total. The van der Waals surface area contributed by atoms with E-state index in [2.05, 4.69) is 241 Å². The van der Waals surface area contributed by atoms with Crippen LogP contribution in [-0.4, -0.2) is 0 Å². The number of hydrogen-bond acceptors (Lipinski definition) is 2. The number of hydrogen-bond donors (Lipinski definition) is 0. The number of benzene rings is 11. The van der Waals surface area contributed by atoms with Crippen LogP contribution in [0.2, 0.25) is 0 Å². The second-order valence-electron chi connectivity index (χ2n) is 16.1. The Bertz CT molecular complexity index is 3620. The minimum atomic E-state index is 0.889. The minimum absolute atomic E-state index is 0.889. The first-order valence-electron chi connectivity index (χ1n) is 21.2. The molecule has 1 aromatic heterocycles. The van der Waals surface area contributed by atoms with Crippen LogP contribution in [0.5, 0.6) is 0 Å². The van der Waals surface area contributed by atoms with Crippen molar-refractivity contribution in [3.8, 4) is 44.5 Å². The van der Waals surface area contributed by atoms with Crippen molar-refractivity contribution in [2.24, 2.45) is 0 Å². The first-order valence-corrected chi connectivity index (χ1v) is 21.2. The van der Waals surface area contributed by atoms with E-state index in [9.17, 15) is 0 Å². The van der Waals surface area contributed by atoms with Crippen molar-refractivity contribution in [3.63, 3.8) is 0 Å². The summed E-state index contributed by atoms with van der Waals surface area (Å²) < 4.78 is 6.61. The van der Waals surface area contributed by atoms with Gasteiger partial charge in [0.15, 0.2) is 0 Å². The van der Waals surface area contributed by atoms with Gasteiger partial charge < -0.3 is 9.32 Å². The molecule has 0 aliphatic rings. The van der Waals surface area contributed by atoms with Gasteiger partial charge in [-0.2, -0.15) is 0 Å². The van der Waals surface area contributed by atoms with Crippen LogP contribution in [0.15, 0.2) is 241 Å². The van der Waals surface area contributed by atoms with Gasteiger partial charge in [-0.15, -0.1) is 0 Å². The Morgan fingerprint density at radius 3 is 1.47 bits per heavy atom. The topological polar surface area (TPSA) is 16.4 Å². The highest BCUT2D eigenvalue weighted by Gasteiger charge is 2.18. The smallest absolute Gasteiger partial charge is 0.143 e. The lowest BCUT2D eigenvalue weighted by Crippen LogP contribution is -2.10. The van der Waals surface area contributed by atoms with Crippen molar-refractivity contribution in [2.45, 2.75) is 0 Å². The van der Waals surface area contributed by atoms with Gasteiger partial charge in [0.2, 0.25) is 0 Å². The van der Waals surface area contributed by atoms with Gasteiger partial charge in [-0.25, -0.2) is 0 Å². The normalized spacial score (nSPS) is 11.5. The molecule has 62 heavy (non-hydrogen) atoms. The predicted molar refractivity (Wildman–Crippen MR) is 263 cm³/mol. The molecule has 0 amide bonds. The SMILES string of the molecule is c1cc(-c2ccc(N(c3ccc(-c4cccc5ccccc45)cc3)c3cccc(-c4cccc5oc6c7ccccc7ccc6c45)c3)cc2)cc(-c2cccc3ccccc23)c1. The Morgan fingerprint density at radius 1 is 0.274 bits per heavy atom. The quantitative estimate of drug-likeness (QED) is 0.160. The molecular weight excluding hydrogens is 751 g/mol. The van der Waals surface area contributed by atoms with Crippen LogP contribution in [0.1, 0.15) is 0 Å². The number of fused-ring (bicyclic) bond motifs is 7. The van der Waals surface area contributed by atoms with Crippen LogP contribution in [0.25, 0.3) is 98.8 Å². The standard InChI is InChI=1S/C60H39NO/c1-4-21-51-41(12-1)15-9-24-53(51)44-30-35-49(36-31-44)61(48-33-28-40(29-34-48)45-17-7-18-46(38-45)54-25-10-16-42-13-2-5-22-52(42)54)50-20-8-19-47(39-50)55-26-11-27-58-59(55)57-37-32-43-14-3-6-23-56(43)60(57)62-58/h1-39H. The fraction of sp³-hybridized carbons (Fsp3) is 0. The number of anilines is 3. The van der Waals surface area contributed by atoms with E-state index < -0.39 is 0 Å². The molecule has 1 heterocycles. The molecule has 0 aliphatic heterocycles. The fourth-order valence-electron chi connectivity index (χ4n) is 9.47. The molecule has 0 spiro atoms. The zero-order chi connectivity index (χ0) is 41.0. The van der Waals surface area contributed by atoms with Crippen LogP contribution >= 0.6 is 0 Å². The second kappa shape index (κ2) is 14.8. The van der Waals surface area contributed by atoms with Crippen molar-refractivity contribution in [2.75, 3.05) is 4.90 Å². The molecular formula is C60H39NO. The summed E-state index contributed by atoms with van der Waals surface area (Å²) in [5, 5.41) is 9.56. The third-order valence-electron chi connectivity index (χ3n) is 12.5. The van der Waals surface area contributed by atoms with E-state index in [0.717, 1.165) is 55.5 Å². The molecule has 0 fully saturated rings. The van der Waals surface area contributed by atoms with Crippen LogP contribution in [0.4, 0.5) is 17.1 Å². The van der Waals surface area contributed by atoms with Crippen molar-refractivity contribution in [1.29, 1.82) is 0 Å². The van der Waals surface area contributed by atoms with Crippen LogP contribution in [0, 0.1) is 0 Å². The van der Waals surface area contributed by atoms with Crippen LogP contribution < -0.4 is 4.90 Å². The van der Waals surface area contributed by atoms with Crippen molar-refractivity contribution in [3.05, 3.63) is 237 Å². The Kier molecular flexibility index (Phi) is 8.53. The monoisotopic (exact) mass is 789 g/mol. The summed E-state index contributed by atoms with van der Waals surface area (Å²) in [5.74, 6) is 0. The summed E-state index contributed by atoms with van der Waals surface area (Å²) in [7, 11) is 0. The summed E-state index contributed by atoms with van der Waals surface area (Å²) in [6.07, 6.45) is 0. The van der Waals surface area contributed by atoms with E-state index in [-0.39, 0.29) is 0 Å². The molecule has 290 valence electrons. The highest BCUT2D eigenvalue weighted by Crippen LogP contribution is 2.43. The Morgan fingerprint density at radius 2 is 0.774 bits per heavy atom. The third-order valence-corrected chi connectivity index (χ3v) is 12.5. The summed E-state index contributed by atoms with van der Waals surface area (Å²) in [5.41, 5.74) is 14.5. The maximum absolute atomic E-state index is 6.61. The van der Waals surface area contributed by atoms with Crippen molar-refractivity contribution >= 4 is 71.3 Å². The summed E-state index contributed by atoms with van der Waals surface area (Å²) in [4.78, 5) is 2.37. The van der Waals surface area contributed by atoms with Gasteiger partial charge in [0.25, 0.3) is 0 Å². The van der Waals surface area contributed by atoms with Gasteiger partial charge in [0.1, 0.15) is 11.2 Å². The zero-order valence-electron chi connectivity index (χ0n) is 33.9. The van der Waals surface area contributed by atoms with Gasteiger partial charge in [-0.3, -0.25) is 0 Å². The van der Waals surface area contributed by atoms with Crippen molar-refractivity contribution in [1.82, 2.24) is 0 Å². The largest absolute Gasteiger partial charge is 0.455 e. The molecule has 2 heteroatoms. The molecule has 2 nitrogen and oxygen atoms in total. The van der Waals surface area contributed by atoms with E-state index in [1.165, 1.54) is 60.3 Å². The van der Waals surface area contributed by atoms with Gasteiger partial charge >= 0.3 is 0 Å². The van der Waals surface area contributed by atoms with E-state index in [1.807, 2.05) is 0 Å². The predicted octanol–water partition coefficient (Wildman–Crippen LogP) is 17.2. The lowest BCUT2D eigenvalue weighted by molar-refractivity contribution is 0.673. The van der Waals surface area contributed by atoms with Crippen LogP contribution in [0.3, 0.4) is 0 Å². The lowest BCUT2D eigenvalue weighted by Gasteiger charge is -2.26. The summed E-state index contributed by atoms with van der Waals surface area (Å²) >= 11 is 0. The van der Waals surface area contributed by atoms with E-state index in [4.69, 9.17) is 4.42 Å². The third kappa shape index (κ3) is 6.12. The first-order chi connectivity index (χ1) is 30.7. The van der Waals surface area contributed by atoms with Gasteiger partial charge in [0.05, 0.1) is 0 Å². The molecule has 11 aromatic carbocycles. The maximum atomic E-state index is 6.61. The highest BCUT2D eigenvalue weighted by atomic mass is 16.3. The summed E-state index contributed by atoms with van der Waals surface area (Å²) in [6.45, 7) is 0. The van der Waals surface area contributed by atoms with Crippen LogP contribution in [-0.2, 0) is 0 Å².